The molecular formula is C16H26N4O. The van der Waals surface area contributed by atoms with E-state index in [0.717, 1.165) is 57.8 Å². The zero-order valence-electron chi connectivity index (χ0n) is 12.9. The average molecular weight is 290 g/mol. The summed E-state index contributed by atoms with van der Waals surface area (Å²) in [6.07, 6.45) is 4.21. The minimum absolute atomic E-state index is 0.236. The lowest BCUT2D eigenvalue weighted by Crippen LogP contribution is -2.65. The fraction of sp³-hybridized carbons (Fsp3) is 0.688. The Labute approximate surface area is 127 Å². The van der Waals surface area contributed by atoms with Crippen molar-refractivity contribution in [2.45, 2.75) is 25.3 Å². The monoisotopic (exact) mass is 290 g/mol. The molecule has 3 heterocycles. The number of aliphatic hydroxyl groups is 1. The molecule has 0 amide bonds. The molecule has 2 saturated heterocycles. The van der Waals surface area contributed by atoms with Gasteiger partial charge < -0.3 is 15.3 Å². The number of β-amino-alcohol motifs (C(OH)–C–C–N with tert-alkyl or cyclic N) is 1. The van der Waals surface area contributed by atoms with Gasteiger partial charge in [0, 0.05) is 62.4 Å². The normalized spacial score (nSPS) is 22.7. The number of hydrogen-bond donors (Lipinski definition) is 2. The SMILES string of the molecule is Cc1cc(N2CCC3(CC2)CNCCN3CCO)ccn1. The van der Waals surface area contributed by atoms with Crippen LogP contribution < -0.4 is 10.2 Å². The maximum absolute atomic E-state index is 9.31. The molecule has 3 rings (SSSR count). The standard InChI is InChI=1S/C16H26N4O/c1-14-12-15(2-5-18-14)19-7-3-16(4-8-19)13-17-6-9-20(16)10-11-21/h2,5,12,17,21H,3-4,6-11,13H2,1H3. The summed E-state index contributed by atoms with van der Waals surface area (Å²) >= 11 is 0. The predicted octanol–water partition coefficient (Wildman–Crippen LogP) is 0.627. The van der Waals surface area contributed by atoms with Crippen LogP contribution in [0.2, 0.25) is 0 Å². The molecule has 0 aromatic carbocycles. The van der Waals surface area contributed by atoms with Gasteiger partial charge in [0.2, 0.25) is 0 Å². The van der Waals surface area contributed by atoms with Gasteiger partial charge in [0.25, 0.3) is 0 Å². The highest BCUT2D eigenvalue weighted by molar-refractivity contribution is 5.47. The lowest BCUT2D eigenvalue weighted by molar-refractivity contribution is 0.0250. The molecule has 1 aromatic rings. The summed E-state index contributed by atoms with van der Waals surface area (Å²) in [7, 11) is 0. The Hall–Kier alpha value is -1.17. The summed E-state index contributed by atoms with van der Waals surface area (Å²) < 4.78 is 0. The number of aryl methyl sites for hydroxylation is 1. The number of aromatic nitrogens is 1. The van der Waals surface area contributed by atoms with Crippen molar-refractivity contribution in [2.24, 2.45) is 0 Å². The van der Waals surface area contributed by atoms with Gasteiger partial charge in [-0.1, -0.05) is 0 Å². The lowest BCUT2D eigenvalue weighted by atomic mass is 9.83. The number of nitrogens with one attached hydrogen (secondary N) is 1. The van der Waals surface area contributed by atoms with Crippen LogP contribution in [0, 0.1) is 6.92 Å². The summed E-state index contributed by atoms with van der Waals surface area (Å²) in [6, 6.07) is 4.28. The van der Waals surface area contributed by atoms with Gasteiger partial charge in [-0.3, -0.25) is 9.88 Å². The van der Waals surface area contributed by atoms with E-state index in [0.29, 0.717) is 0 Å². The second-order valence-corrected chi connectivity index (χ2v) is 6.25. The Bertz CT molecular complexity index is 469. The molecule has 0 atom stereocenters. The van der Waals surface area contributed by atoms with E-state index in [1.54, 1.807) is 0 Å². The molecule has 1 spiro atoms. The summed E-state index contributed by atoms with van der Waals surface area (Å²) in [6.45, 7) is 8.40. The third kappa shape index (κ3) is 3.05. The van der Waals surface area contributed by atoms with Crippen molar-refractivity contribution in [1.82, 2.24) is 15.2 Å². The molecule has 2 fully saturated rings. The number of aliphatic hydroxyl groups excluding tert-OH is 1. The molecule has 0 bridgehead atoms. The first-order chi connectivity index (χ1) is 10.2. The number of piperazine rings is 1. The van der Waals surface area contributed by atoms with Crippen molar-refractivity contribution in [2.75, 3.05) is 50.8 Å². The highest BCUT2D eigenvalue weighted by Gasteiger charge is 2.41. The van der Waals surface area contributed by atoms with E-state index in [4.69, 9.17) is 0 Å². The Kier molecular flexibility index (Phi) is 4.42. The van der Waals surface area contributed by atoms with Gasteiger partial charge in [-0.25, -0.2) is 0 Å². The first-order valence-corrected chi connectivity index (χ1v) is 7.98. The van der Waals surface area contributed by atoms with E-state index < -0.39 is 0 Å². The van der Waals surface area contributed by atoms with Crippen LogP contribution in [0.15, 0.2) is 18.3 Å². The Morgan fingerprint density at radius 2 is 2.14 bits per heavy atom. The van der Waals surface area contributed by atoms with Crippen molar-refractivity contribution >= 4 is 5.69 Å². The molecule has 0 saturated carbocycles. The number of piperidine rings is 1. The Morgan fingerprint density at radius 3 is 2.86 bits per heavy atom. The molecule has 2 aliphatic rings. The third-order valence-corrected chi connectivity index (χ3v) is 4.99. The highest BCUT2D eigenvalue weighted by Crippen LogP contribution is 2.32. The highest BCUT2D eigenvalue weighted by atomic mass is 16.3. The Balaban J connectivity index is 1.68. The van der Waals surface area contributed by atoms with Crippen molar-refractivity contribution in [1.29, 1.82) is 0 Å². The van der Waals surface area contributed by atoms with Gasteiger partial charge >= 0.3 is 0 Å². The zero-order valence-corrected chi connectivity index (χ0v) is 12.9. The topological polar surface area (TPSA) is 51.6 Å². The fourth-order valence-corrected chi connectivity index (χ4v) is 3.76. The molecular weight excluding hydrogens is 264 g/mol. The first-order valence-electron chi connectivity index (χ1n) is 7.98. The molecule has 2 N–H and O–H groups in total. The summed E-state index contributed by atoms with van der Waals surface area (Å²) in [4.78, 5) is 9.24. The van der Waals surface area contributed by atoms with Crippen LogP contribution in [-0.4, -0.2) is 66.4 Å². The maximum atomic E-state index is 9.31. The number of anilines is 1. The van der Waals surface area contributed by atoms with Crippen LogP contribution in [0.4, 0.5) is 5.69 Å². The van der Waals surface area contributed by atoms with E-state index in [2.05, 4.69) is 32.2 Å². The Morgan fingerprint density at radius 1 is 1.33 bits per heavy atom. The van der Waals surface area contributed by atoms with Crippen LogP contribution in [0.1, 0.15) is 18.5 Å². The van der Waals surface area contributed by atoms with Crippen molar-refractivity contribution < 1.29 is 5.11 Å². The van der Waals surface area contributed by atoms with Crippen LogP contribution in [0.25, 0.3) is 0 Å². The molecule has 0 radical (unpaired) electrons. The minimum Gasteiger partial charge on any atom is -0.395 e. The summed E-state index contributed by atoms with van der Waals surface area (Å²) in [5.41, 5.74) is 2.60. The zero-order chi connectivity index (χ0) is 14.7. The summed E-state index contributed by atoms with van der Waals surface area (Å²) in [5.74, 6) is 0. The van der Waals surface area contributed by atoms with Crippen molar-refractivity contribution in [3.63, 3.8) is 0 Å². The molecule has 2 aliphatic heterocycles. The summed E-state index contributed by atoms with van der Waals surface area (Å²) in [5, 5.41) is 12.9. The smallest absolute Gasteiger partial charge is 0.0558 e. The molecule has 5 nitrogen and oxygen atoms in total. The van der Waals surface area contributed by atoms with E-state index in [-0.39, 0.29) is 12.1 Å². The number of pyridine rings is 1. The van der Waals surface area contributed by atoms with Gasteiger partial charge in [-0.2, -0.15) is 0 Å². The molecule has 0 aliphatic carbocycles. The van der Waals surface area contributed by atoms with Crippen molar-refractivity contribution in [3.8, 4) is 0 Å². The molecule has 116 valence electrons. The van der Waals surface area contributed by atoms with E-state index in [9.17, 15) is 5.11 Å². The average Bonchev–Trinajstić information content (AvgIpc) is 2.51. The van der Waals surface area contributed by atoms with Crippen LogP contribution in [0.3, 0.4) is 0 Å². The van der Waals surface area contributed by atoms with Crippen LogP contribution >= 0.6 is 0 Å². The fourth-order valence-electron chi connectivity index (χ4n) is 3.76. The minimum atomic E-state index is 0.236. The van der Waals surface area contributed by atoms with Gasteiger partial charge in [0.15, 0.2) is 0 Å². The second kappa shape index (κ2) is 6.30. The number of rotatable bonds is 3. The second-order valence-electron chi connectivity index (χ2n) is 6.25. The lowest BCUT2D eigenvalue weighted by Gasteiger charge is -2.52. The molecule has 1 aromatic heterocycles. The predicted molar refractivity (Wildman–Crippen MR) is 84.7 cm³/mol. The maximum Gasteiger partial charge on any atom is 0.0558 e. The number of hydrogen-bond acceptors (Lipinski definition) is 5. The van der Waals surface area contributed by atoms with E-state index in [1.807, 2.05) is 13.1 Å². The first kappa shape index (κ1) is 14.8. The van der Waals surface area contributed by atoms with Gasteiger partial charge in [0.05, 0.1) is 6.61 Å². The van der Waals surface area contributed by atoms with Gasteiger partial charge in [-0.15, -0.1) is 0 Å². The third-order valence-electron chi connectivity index (χ3n) is 4.99. The largest absolute Gasteiger partial charge is 0.395 e. The molecule has 21 heavy (non-hydrogen) atoms. The van der Waals surface area contributed by atoms with Crippen LogP contribution in [-0.2, 0) is 0 Å². The van der Waals surface area contributed by atoms with E-state index >= 15 is 0 Å². The van der Waals surface area contributed by atoms with Crippen molar-refractivity contribution in [3.05, 3.63) is 24.0 Å². The van der Waals surface area contributed by atoms with Gasteiger partial charge in [0.1, 0.15) is 0 Å². The van der Waals surface area contributed by atoms with Crippen LogP contribution in [0.5, 0.6) is 0 Å². The molecule has 0 unspecified atom stereocenters. The van der Waals surface area contributed by atoms with Gasteiger partial charge in [-0.05, 0) is 31.9 Å². The quantitative estimate of drug-likeness (QED) is 0.855. The van der Waals surface area contributed by atoms with E-state index in [1.165, 1.54) is 5.69 Å². The number of nitrogens with zero attached hydrogens (tertiary/aromatic N) is 3. The molecule has 5 heteroatoms.